The minimum atomic E-state index is -0.332. The number of para-hydroxylation sites is 2. The molecule has 0 saturated heterocycles. The van der Waals surface area contributed by atoms with Crippen LogP contribution in [0.5, 0.6) is 5.75 Å². The maximum absolute atomic E-state index is 11.6. The van der Waals surface area contributed by atoms with E-state index in [1.54, 1.807) is 6.07 Å². The lowest BCUT2D eigenvalue weighted by Gasteiger charge is -2.47. The third-order valence-corrected chi connectivity index (χ3v) is 11.3. The van der Waals surface area contributed by atoms with E-state index in [-0.39, 0.29) is 24.4 Å². The van der Waals surface area contributed by atoms with Gasteiger partial charge in [0.05, 0.1) is 22.5 Å². The second kappa shape index (κ2) is 13.7. The van der Waals surface area contributed by atoms with Crippen LogP contribution in [0.3, 0.4) is 0 Å². The first-order valence-corrected chi connectivity index (χ1v) is 19.7. The van der Waals surface area contributed by atoms with Crippen molar-refractivity contribution in [2.24, 2.45) is 4.99 Å². The smallest absolute Gasteiger partial charge is 0.357 e. The zero-order chi connectivity index (χ0) is 38.8. The number of anilines is 2. The molecule has 57 heavy (non-hydrogen) atoms. The van der Waals surface area contributed by atoms with Gasteiger partial charge in [-0.1, -0.05) is 113 Å². The predicted octanol–water partition coefficient (Wildman–Crippen LogP) is 10.2. The number of phenolic OH excluding ortho intramolecular Hbond substituents is 1. The summed E-state index contributed by atoms with van der Waals surface area (Å²) in [4.78, 5) is 20.6. The molecule has 0 fully saturated rings. The molecule has 1 N–H and O–H groups in total. The first-order chi connectivity index (χ1) is 27.9. The van der Waals surface area contributed by atoms with Gasteiger partial charge < -0.3 is 9.92 Å². The minimum absolute atomic E-state index is 0.168. The molecule has 7 aromatic rings. The van der Waals surface area contributed by atoms with Crippen molar-refractivity contribution >= 4 is 40.9 Å². The van der Waals surface area contributed by atoms with Crippen LogP contribution in [-0.2, 0) is 0 Å². The molecule has 10 rings (SSSR count). The molecule has 3 aliphatic rings. The van der Waals surface area contributed by atoms with E-state index in [2.05, 4.69) is 151 Å². The van der Waals surface area contributed by atoms with Crippen molar-refractivity contribution in [2.45, 2.75) is 39.5 Å². The number of allylic oxidation sites excluding steroid dienone is 2. The van der Waals surface area contributed by atoms with Gasteiger partial charge >= 0.3 is 6.85 Å². The molecule has 0 amide bonds. The summed E-state index contributed by atoms with van der Waals surface area (Å²) in [5.74, 6) is 3.74. The fourth-order valence-corrected chi connectivity index (χ4v) is 8.59. The largest absolute Gasteiger partial charge is 0.507 e. The van der Waals surface area contributed by atoms with Crippen molar-refractivity contribution in [3.63, 3.8) is 0 Å². The number of aliphatic imine (C=N–C) groups is 1. The third-order valence-electron chi connectivity index (χ3n) is 11.3. The number of fused-ring (bicyclic) bond motifs is 4. The second-order valence-corrected chi connectivity index (χ2v) is 15.5. The van der Waals surface area contributed by atoms with Gasteiger partial charge in [0.2, 0.25) is 0 Å². The molecule has 0 atom stereocenters. The predicted molar refractivity (Wildman–Crippen MR) is 234 cm³/mol. The number of pyridine rings is 1. The number of rotatable bonds is 7. The van der Waals surface area contributed by atoms with Crippen molar-refractivity contribution in [1.82, 2.24) is 19.3 Å². The maximum atomic E-state index is 11.6. The average Bonchev–Trinajstić information content (AvgIpc) is 3.62. The summed E-state index contributed by atoms with van der Waals surface area (Å²) >= 11 is 0. The highest BCUT2D eigenvalue weighted by atomic mass is 16.3. The molecule has 7 nitrogen and oxygen atoms in total. The van der Waals surface area contributed by atoms with Gasteiger partial charge in [-0.25, -0.2) is 9.98 Å². The Balaban J connectivity index is 1.30. The van der Waals surface area contributed by atoms with Gasteiger partial charge in [-0.15, -0.1) is 0 Å². The quantitative estimate of drug-likeness (QED) is 0.165. The number of nitrogens with zero attached hydrogens (tertiary/aromatic N) is 6. The Morgan fingerprint density at radius 1 is 0.684 bits per heavy atom. The van der Waals surface area contributed by atoms with Crippen LogP contribution in [0.4, 0.5) is 17.2 Å². The molecular weight excluding hydrogens is 699 g/mol. The van der Waals surface area contributed by atoms with E-state index in [4.69, 9.17) is 15.0 Å². The van der Waals surface area contributed by atoms with Gasteiger partial charge in [-0.2, -0.15) is 0 Å². The number of hydrogen-bond acceptors (Lipinski definition) is 6. The Morgan fingerprint density at radius 3 is 2.09 bits per heavy atom. The molecule has 0 aliphatic carbocycles. The van der Waals surface area contributed by atoms with Crippen molar-refractivity contribution < 1.29 is 5.11 Å². The van der Waals surface area contributed by atoms with Crippen molar-refractivity contribution in [3.05, 3.63) is 175 Å². The molecule has 5 heterocycles. The van der Waals surface area contributed by atoms with Crippen LogP contribution in [0.2, 0.25) is 0 Å². The molecule has 0 spiro atoms. The summed E-state index contributed by atoms with van der Waals surface area (Å²) in [5.41, 5.74) is 12.4. The molecule has 0 radical (unpaired) electrons. The molecule has 3 aliphatic heterocycles. The van der Waals surface area contributed by atoms with Gasteiger partial charge in [0.1, 0.15) is 23.2 Å². The Morgan fingerprint density at radius 2 is 1.39 bits per heavy atom. The summed E-state index contributed by atoms with van der Waals surface area (Å²) in [7, 11) is 0. The van der Waals surface area contributed by atoms with Crippen LogP contribution in [0.1, 0.15) is 50.7 Å². The number of hydrogen-bond donors (Lipinski definition) is 1. The van der Waals surface area contributed by atoms with E-state index in [9.17, 15) is 5.11 Å². The lowest BCUT2D eigenvalue weighted by Crippen LogP contribution is -2.66. The average molecular weight is 741 g/mol. The first-order valence-electron chi connectivity index (χ1n) is 19.7. The number of aromatic hydroxyl groups is 1. The molecule has 8 heteroatoms. The lowest BCUT2D eigenvalue weighted by molar-refractivity contribution is 0.477. The summed E-state index contributed by atoms with van der Waals surface area (Å²) in [6.07, 6.45) is 8.19. The number of amidine groups is 1. The van der Waals surface area contributed by atoms with E-state index >= 15 is 0 Å². The van der Waals surface area contributed by atoms with Gasteiger partial charge in [0.15, 0.2) is 5.82 Å². The van der Waals surface area contributed by atoms with Gasteiger partial charge in [0.25, 0.3) is 0 Å². The Labute approximate surface area is 333 Å². The standard InChI is InChI=1S/C49H41BN6O/c1-31(2)38-28-35(33-16-7-5-8-17-33)29-39(32(3)4)46(38)55-48(37-20-11-12-22-43(37)57)53-47-49(55)52-44-23-15-24-45-54(36-18-9-6-10-19-36)42-26-25-34(41-21-13-14-27-51-41)30-40(42)50(47)56(44)45/h5-32,57H,1-4H3. The van der Waals surface area contributed by atoms with Crippen molar-refractivity contribution in [2.75, 3.05) is 4.90 Å². The zero-order valence-electron chi connectivity index (χ0n) is 32.4. The summed E-state index contributed by atoms with van der Waals surface area (Å²) < 4.78 is 2.24. The van der Waals surface area contributed by atoms with Crippen LogP contribution < -0.4 is 16.0 Å². The van der Waals surface area contributed by atoms with Gasteiger partial charge in [-0.05, 0) is 112 Å². The Hall–Kier alpha value is -6.93. The SMILES string of the molecule is CC(C)c1cc(-c2ccccc2)cc(C(C)C)c1-n1c(-c2ccccc2O)nc2c1N=C1C=CC=C3N1B2c1cc(-c2ccccn2)ccc1N3c1ccccc1. The van der Waals surface area contributed by atoms with E-state index in [1.165, 1.54) is 22.3 Å². The molecule has 0 bridgehead atoms. The van der Waals surface area contributed by atoms with E-state index in [0.29, 0.717) is 11.4 Å². The zero-order valence-corrected chi connectivity index (χ0v) is 32.4. The van der Waals surface area contributed by atoms with Gasteiger partial charge in [-0.3, -0.25) is 14.5 Å². The molecule has 2 aromatic heterocycles. The first kappa shape index (κ1) is 34.6. The molecule has 0 saturated carbocycles. The number of imidazole rings is 1. The van der Waals surface area contributed by atoms with E-state index < -0.39 is 0 Å². The van der Waals surface area contributed by atoms with Crippen molar-refractivity contribution in [3.8, 4) is 45.2 Å². The fraction of sp³-hybridized carbons (Fsp3) is 0.122. The molecule has 5 aromatic carbocycles. The highest BCUT2D eigenvalue weighted by Crippen LogP contribution is 2.45. The van der Waals surface area contributed by atoms with Crippen LogP contribution >= 0.6 is 0 Å². The second-order valence-electron chi connectivity index (χ2n) is 15.5. The number of phenols is 1. The summed E-state index contributed by atoms with van der Waals surface area (Å²) in [5, 5.41) is 11.6. The van der Waals surface area contributed by atoms with E-state index in [1.807, 2.05) is 42.6 Å². The van der Waals surface area contributed by atoms with Crippen LogP contribution in [0.25, 0.3) is 39.5 Å². The summed E-state index contributed by atoms with van der Waals surface area (Å²) in [6.45, 7) is 8.68. The van der Waals surface area contributed by atoms with Gasteiger partial charge in [0, 0.05) is 17.6 Å². The highest BCUT2D eigenvalue weighted by Gasteiger charge is 2.48. The van der Waals surface area contributed by atoms with Crippen LogP contribution in [0, 0.1) is 0 Å². The number of benzene rings is 5. The topological polar surface area (TPSA) is 69.8 Å². The fourth-order valence-electron chi connectivity index (χ4n) is 8.59. The third kappa shape index (κ3) is 5.62. The Kier molecular flexibility index (Phi) is 8.29. The monoisotopic (exact) mass is 740 g/mol. The van der Waals surface area contributed by atoms with E-state index in [0.717, 1.165) is 56.9 Å². The highest BCUT2D eigenvalue weighted by molar-refractivity contribution is 6.87. The van der Waals surface area contributed by atoms with Crippen LogP contribution in [-0.4, -0.2) is 37.1 Å². The molecule has 0 unspecified atom stereocenters. The maximum Gasteiger partial charge on any atom is 0.357 e. The van der Waals surface area contributed by atoms with Crippen LogP contribution in [0.15, 0.2) is 169 Å². The lowest BCUT2D eigenvalue weighted by atomic mass is 9.48. The molecular formula is C49H41BN6O. The normalized spacial score (nSPS) is 14.0. The summed E-state index contributed by atoms with van der Waals surface area (Å²) in [6, 6.07) is 46.0. The Bertz CT molecular complexity index is 2740. The number of aromatic nitrogens is 3. The van der Waals surface area contributed by atoms with Crippen molar-refractivity contribution in [1.29, 1.82) is 0 Å². The minimum Gasteiger partial charge on any atom is -0.507 e. The molecule has 276 valence electrons.